The molecule has 0 spiro atoms. The standard InChI is InChI=1S/C18H37N5O2S.HI/c1-4-10-22-11-8-17(9-12-22)21-18(19-5-2)20-15-16-6-13-23(14-7-16)26(3,24)25;/h16-17H,4-15H2,1-3H3,(H2,19,20,21);1H. The Morgan fingerprint density at radius 1 is 1.07 bits per heavy atom. The van der Waals surface area contributed by atoms with Crippen molar-refractivity contribution in [3.8, 4) is 0 Å². The molecule has 9 heteroatoms. The topological polar surface area (TPSA) is 77.0 Å². The van der Waals surface area contributed by atoms with E-state index in [4.69, 9.17) is 4.99 Å². The second-order valence-electron chi connectivity index (χ2n) is 7.59. The fraction of sp³-hybridized carbons (Fsp3) is 0.944. The number of likely N-dealkylation sites (tertiary alicyclic amines) is 1. The van der Waals surface area contributed by atoms with Crippen LogP contribution in [0.3, 0.4) is 0 Å². The molecule has 0 bridgehead atoms. The molecule has 2 saturated heterocycles. The van der Waals surface area contributed by atoms with Gasteiger partial charge in [0.05, 0.1) is 6.26 Å². The van der Waals surface area contributed by atoms with E-state index in [2.05, 4.69) is 29.4 Å². The number of hydrogen-bond acceptors (Lipinski definition) is 4. The van der Waals surface area contributed by atoms with Crippen molar-refractivity contribution < 1.29 is 8.42 Å². The first kappa shape index (κ1) is 24.9. The van der Waals surface area contributed by atoms with E-state index >= 15 is 0 Å². The highest BCUT2D eigenvalue weighted by molar-refractivity contribution is 14.0. The fourth-order valence-corrected chi connectivity index (χ4v) is 4.65. The molecule has 0 unspecified atom stereocenters. The molecule has 0 aromatic rings. The molecular formula is C18H38IN5O2S. The average Bonchev–Trinajstić information content (AvgIpc) is 2.61. The SMILES string of the molecule is CCCN1CCC(NC(=NCC2CCN(S(C)(=O)=O)CC2)NCC)CC1.I. The number of rotatable bonds is 7. The first-order valence-corrected chi connectivity index (χ1v) is 12.0. The third-order valence-corrected chi connectivity index (χ3v) is 6.67. The Kier molecular flexibility index (Phi) is 11.5. The van der Waals surface area contributed by atoms with Crippen molar-refractivity contribution in [2.24, 2.45) is 10.9 Å². The van der Waals surface area contributed by atoms with Crippen LogP contribution in [-0.2, 0) is 10.0 Å². The van der Waals surface area contributed by atoms with Gasteiger partial charge in [0.1, 0.15) is 0 Å². The van der Waals surface area contributed by atoms with Gasteiger partial charge in [0.15, 0.2) is 5.96 Å². The Bertz CT molecular complexity index is 542. The number of hydrogen-bond donors (Lipinski definition) is 2. The Hall–Kier alpha value is -0.130. The second-order valence-corrected chi connectivity index (χ2v) is 9.57. The Labute approximate surface area is 182 Å². The van der Waals surface area contributed by atoms with Crippen molar-refractivity contribution >= 4 is 40.0 Å². The minimum atomic E-state index is -3.05. The second kappa shape index (κ2) is 12.4. The maximum absolute atomic E-state index is 11.6. The van der Waals surface area contributed by atoms with Gasteiger partial charge in [0.2, 0.25) is 10.0 Å². The number of aliphatic imine (C=N–C) groups is 1. The molecule has 160 valence electrons. The lowest BCUT2D eigenvalue weighted by Crippen LogP contribution is -2.49. The minimum absolute atomic E-state index is 0. The number of nitrogens with one attached hydrogen (secondary N) is 2. The number of nitrogens with zero attached hydrogens (tertiary/aromatic N) is 3. The van der Waals surface area contributed by atoms with E-state index in [0.717, 1.165) is 57.8 Å². The van der Waals surface area contributed by atoms with Crippen LogP contribution >= 0.6 is 24.0 Å². The third kappa shape index (κ3) is 8.82. The summed E-state index contributed by atoms with van der Waals surface area (Å²) in [4.78, 5) is 7.33. The zero-order chi connectivity index (χ0) is 19.0. The lowest BCUT2D eigenvalue weighted by molar-refractivity contribution is 0.206. The van der Waals surface area contributed by atoms with Crippen molar-refractivity contribution in [3.05, 3.63) is 0 Å². The maximum atomic E-state index is 11.6. The molecule has 2 fully saturated rings. The van der Waals surface area contributed by atoms with Crippen LogP contribution in [0.25, 0.3) is 0 Å². The zero-order valence-electron chi connectivity index (χ0n) is 17.1. The van der Waals surface area contributed by atoms with E-state index in [9.17, 15) is 8.42 Å². The highest BCUT2D eigenvalue weighted by atomic mass is 127. The first-order chi connectivity index (χ1) is 12.4. The van der Waals surface area contributed by atoms with Crippen molar-refractivity contribution in [1.82, 2.24) is 19.8 Å². The van der Waals surface area contributed by atoms with Crippen LogP contribution < -0.4 is 10.6 Å². The molecule has 0 radical (unpaired) electrons. The molecule has 0 aliphatic carbocycles. The average molecular weight is 516 g/mol. The van der Waals surface area contributed by atoms with Crippen LogP contribution in [0.4, 0.5) is 0 Å². The van der Waals surface area contributed by atoms with Crippen LogP contribution in [0.2, 0.25) is 0 Å². The van der Waals surface area contributed by atoms with Crippen LogP contribution in [-0.4, -0.2) is 81.7 Å². The third-order valence-electron chi connectivity index (χ3n) is 5.36. The molecule has 7 nitrogen and oxygen atoms in total. The zero-order valence-corrected chi connectivity index (χ0v) is 20.3. The van der Waals surface area contributed by atoms with Crippen LogP contribution in [0.15, 0.2) is 4.99 Å². The molecule has 0 aromatic heterocycles. The molecule has 2 N–H and O–H groups in total. The van der Waals surface area contributed by atoms with E-state index in [0.29, 0.717) is 25.0 Å². The summed E-state index contributed by atoms with van der Waals surface area (Å²) < 4.78 is 24.8. The van der Waals surface area contributed by atoms with Gasteiger partial charge in [-0.15, -0.1) is 24.0 Å². The van der Waals surface area contributed by atoms with Crippen molar-refractivity contribution in [1.29, 1.82) is 0 Å². The van der Waals surface area contributed by atoms with E-state index < -0.39 is 10.0 Å². The van der Waals surface area contributed by atoms with Gasteiger partial charge >= 0.3 is 0 Å². The van der Waals surface area contributed by atoms with Gasteiger partial charge in [-0.1, -0.05) is 6.92 Å². The molecule has 2 aliphatic rings. The smallest absolute Gasteiger partial charge is 0.211 e. The van der Waals surface area contributed by atoms with E-state index in [1.165, 1.54) is 19.2 Å². The quantitative estimate of drug-likeness (QED) is 0.307. The summed E-state index contributed by atoms with van der Waals surface area (Å²) in [5, 5.41) is 6.96. The van der Waals surface area contributed by atoms with E-state index in [-0.39, 0.29) is 24.0 Å². The highest BCUT2D eigenvalue weighted by Gasteiger charge is 2.25. The van der Waals surface area contributed by atoms with Gasteiger partial charge in [0.25, 0.3) is 0 Å². The largest absolute Gasteiger partial charge is 0.357 e. The van der Waals surface area contributed by atoms with Crippen molar-refractivity contribution in [3.63, 3.8) is 0 Å². The molecule has 2 rings (SSSR count). The summed E-state index contributed by atoms with van der Waals surface area (Å²) in [5.41, 5.74) is 0. The lowest BCUT2D eigenvalue weighted by Gasteiger charge is -2.33. The lowest BCUT2D eigenvalue weighted by atomic mass is 9.98. The molecule has 0 aromatic carbocycles. The first-order valence-electron chi connectivity index (χ1n) is 10.1. The van der Waals surface area contributed by atoms with Gasteiger partial charge < -0.3 is 15.5 Å². The van der Waals surface area contributed by atoms with Crippen molar-refractivity contribution in [2.45, 2.75) is 52.0 Å². The monoisotopic (exact) mass is 515 g/mol. The predicted octanol–water partition coefficient (Wildman–Crippen LogP) is 1.71. The fourth-order valence-electron chi connectivity index (χ4n) is 3.77. The Morgan fingerprint density at radius 3 is 2.22 bits per heavy atom. The summed E-state index contributed by atoms with van der Waals surface area (Å²) in [6.45, 7) is 10.7. The number of halogens is 1. The highest BCUT2D eigenvalue weighted by Crippen LogP contribution is 2.19. The molecule has 0 saturated carbocycles. The normalized spacial score (nSPS) is 21.7. The molecule has 2 heterocycles. The molecular weight excluding hydrogens is 477 g/mol. The summed E-state index contributed by atoms with van der Waals surface area (Å²) >= 11 is 0. The van der Waals surface area contributed by atoms with Crippen LogP contribution in [0, 0.1) is 5.92 Å². The Balaban J connectivity index is 0.00000364. The minimum Gasteiger partial charge on any atom is -0.357 e. The maximum Gasteiger partial charge on any atom is 0.211 e. The number of guanidine groups is 1. The van der Waals surface area contributed by atoms with E-state index in [1.54, 1.807) is 4.31 Å². The summed E-state index contributed by atoms with van der Waals surface area (Å²) in [7, 11) is -3.05. The van der Waals surface area contributed by atoms with Gasteiger partial charge in [0, 0.05) is 45.3 Å². The van der Waals surface area contributed by atoms with Gasteiger partial charge in [-0.3, -0.25) is 4.99 Å². The molecule has 0 atom stereocenters. The molecule has 2 aliphatic heterocycles. The number of sulfonamides is 1. The van der Waals surface area contributed by atoms with Crippen molar-refractivity contribution in [2.75, 3.05) is 52.1 Å². The van der Waals surface area contributed by atoms with E-state index in [1.807, 2.05) is 0 Å². The van der Waals surface area contributed by atoms with Gasteiger partial charge in [-0.25, -0.2) is 12.7 Å². The summed E-state index contributed by atoms with van der Waals surface area (Å²) in [6, 6.07) is 0.494. The Morgan fingerprint density at radius 2 is 1.70 bits per heavy atom. The molecule has 0 amide bonds. The van der Waals surface area contributed by atoms with Crippen LogP contribution in [0.1, 0.15) is 46.0 Å². The summed E-state index contributed by atoms with van der Waals surface area (Å²) in [6.07, 6.45) is 6.63. The predicted molar refractivity (Wildman–Crippen MR) is 123 cm³/mol. The van der Waals surface area contributed by atoms with Crippen LogP contribution in [0.5, 0.6) is 0 Å². The van der Waals surface area contributed by atoms with Gasteiger partial charge in [-0.2, -0.15) is 0 Å². The molecule has 27 heavy (non-hydrogen) atoms. The summed E-state index contributed by atoms with van der Waals surface area (Å²) in [5.74, 6) is 1.38. The van der Waals surface area contributed by atoms with Gasteiger partial charge in [-0.05, 0) is 51.5 Å². The number of piperidine rings is 2.